The molecular weight excluding hydrogens is 242 g/mol. The molecule has 3 atom stereocenters. The zero-order valence-electron chi connectivity index (χ0n) is 11.9. The average Bonchev–Trinajstić information content (AvgIpc) is 2.42. The van der Waals surface area contributed by atoms with Gasteiger partial charge in [0.15, 0.2) is 0 Å². The summed E-state index contributed by atoms with van der Waals surface area (Å²) in [5.74, 6) is 0.958. The maximum absolute atomic E-state index is 12.5. The van der Waals surface area contributed by atoms with Gasteiger partial charge >= 0.3 is 0 Å². The fourth-order valence-electron chi connectivity index (χ4n) is 3.24. The Bertz CT molecular complexity index is 303. The van der Waals surface area contributed by atoms with Crippen molar-refractivity contribution < 1.29 is 9.90 Å². The predicted molar refractivity (Wildman–Crippen MR) is 74.6 cm³/mol. The molecule has 0 aromatic carbocycles. The summed E-state index contributed by atoms with van der Waals surface area (Å²) in [6.45, 7) is 6.44. The molecule has 2 fully saturated rings. The van der Waals surface area contributed by atoms with Crippen LogP contribution in [0.4, 0.5) is 0 Å². The van der Waals surface area contributed by atoms with Crippen LogP contribution >= 0.6 is 0 Å². The van der Waals surface area contributed by atoms with Gasteiger partial charge in [0.2, 0.25) is 5.91 Å². The molecule has 1 saturated heterocycles. The van der Waals surface area contributed by atoms with E-state index in [1.807, 2.05) is 4.90 Å². The van der Waals surface area contributed by atoms with Crippen molar-refractivity contribution in [2.24, 2.45) is 17.6 Å². The Labute approximate surface area is 115 Å². The minimum Gasteiger partial charge on any atom is -0.395 e. The molecule has 1 amide bonds. The SMILES string of the molecule is CC1CC(C(=O)N2CCN(CCO)CC2)CCC1N. The minimum atomic E-state index is 0.180. The van der Waals surface area contributed by atoms with Crippen molar-refractivity contribution in [3.63, 3.8) is 0 Å². The van der Waals surface area contributed by atoms with Crippen molar-refractivity contribution >= 4 is 5.91 Å². The van der Waals surface area contributed by atoms with Crippen LogP contribution in [0.3, 0.4) is 0 Å². The number of hydrogen-bond acceptors (Lipinski definition) is 4. The van der Waals surface area contributed by atoms with Gasteiger partial charge in [0.1, 0.15) is 0 Å². The first-order valence-corrected chi connectivity index (χ1v) is 7.49. The normalized spacial score (nSPS) is 33.4. The molecule has 0 spiro atoms. The van der Waals surface area contributed by atoms with Crippen molar-refractivity contribution in [2.45, 2.75) is 32.2 Å². The summed E-state index contributed by atoms with van der Waals surface area (Å²) < 4.78 is 0. The topological polar surface area (TPSA) is 69.8 Å². The fraction of sp³-hybridized carbons (Fsp3) is 0.929. The zero-order chi connectivity index (χ0) is 13.8. The molecule has 19 heavy (non-hydrogen) atoms. The van der Waals surface area contributed by atoms with Crippen LogP contribution in [0.15, 0.2) is 0 Å². The van der Waals surface area contributed by atoms with Crippen LogP contribution in [0.1, 0.15) is 26.2 Å². The Kier molecular flexibility index (Phi) is 5.19. The average molecular weight is 269 g/mol. The van der Waals surface area contributed by atoms with Crippen molar-refractivity contribution in [1.29, 1.82) is 0 Å². The van der Waals surface area contributed by atoms with Gasteiger partial charge in [-0.2, -0.15) is 0 Å². The lowest BCUT2D eigenvalue weighted by Crippen LogP contribution is -2.51. The highest BCUT2D eigenvalue weighted by atomic mass is 16.3. The van der Waals surface area contributed by atoms with Crippen molar-refractivity contribution in [1.82, 2.24) is 9.80 Å². The first-order valence-electron chi connectivity index (χ1n) is 7.49. The van der Waals surface area contributed by atoms with Crippen LogP contribution in [-0.2, 0) is 4.79 Å². The highest BCUT2D eigenvalue weighted by Gasteiger charge is 2.33. The molecule has 2 rings (SSSR count). The number of rotatable bonds is 3. The lowest BCUT2D eigenvalue weighted by molar-refractivity contribution is -0.139. The van der Waals surface area contributed by atoms with Gasteiger partial charge in [-0.1, -0.05) is 6.92 Å². The van der Waals surface area contributed by atoms with E-state index in [4.69, 9.17) is 10.8 Å². The quantitative estimate of drug-likeness (QED) is 0.750. The second-order valence-corrected chi connectivity index (χ2v) is 6.04. The third-order valence-electron chi connectivity index (χ3n) is 4.69. The van der Waals surface area contributed by atoms with Crippen LogP contribution in [0, 0.1) is 11.8 Å². The van der Waals surface area contributed by atoms with Crippen LogP contribution in [0.2, 0.25) is 0 Å². The first kappa shape index (κ1) is 14.8. The monoisotopic (exact) mass is 269 g/mol. The Hall–Kier alpha value is -0.650. The van der Waals surface area contributed by atoms with E-state index >= 15 is 0 Å². The Morgan fingerprint density at radius 2 is 1.95 bits per heavy atom. The molecule has 1 aliphatic heterocycles. The van der Waals surface area contributed by atoms with Crippen LogP contribution in [0.25, 0.3) is 0 Å². The van der Waals surface area contributed by atoms with E-state index in [2.05, 4.69) is 11.8 Å². The molecule has 0 bridgehead atoms. The standard InChI is InChI=1S/C14H27N3O2/c1-11-10-12(2-3-13(11)15)14(19)17-6-4-16(5-7-17)8-9-18/h11-13,18H,2-10,15H2,1H3. The van der Waals surface area contributed by atoms with Crippen LogP contribution in [-0.4, -0.2) is 66.2 Å². The van der Waals surface area contributed by atoms with Gasteiger partial charge in [-0.05, 0) is 25.2 Å². The zero-order valence-corrected chi connectivity index (χ0v) is 11.9. The molecule has 0 aromatic rings. The van der Waals surface area contributed by atoms with E-state index < -0.39 is 0 Å². The maximum atomic E-state index is 12.5. The van der Waals surface area contributed by atoms with Gasteiger partial charge in [-0.3, -0.25) is 9.69 Å². The summed E-state index contributed by atoms with van der Waals surface area (Å²) in [6.07, 6.45) is 2.86. The van der Waals surface area contributed by atoms with Gasteiger partial charge in [-0.25, -0.2) is 0 Å². The Balaban J connectivity index is 1.81. The summed E-state index contributed by atoms with van der Waals surface area (Å²) in [4.78, 5) is 16.7. The molecule has 5 nitrogen and oxygen atoms in total. The molecule has 0 radical (unpaired) electrons. The number of amides is 1. The number of nitrogens with zero attached hydrogens (tertiary/aromatic N) is 2. The molecule has 2 aliphatic rings. The molecule has 0 aromatic heterocycles. The summed E-state index contributed by atoms with van der Waals surface area (Å²) >= 11 is 0. The van der Waals surface area contributed by atoms with Crippen molar-refractivity contribution in [3.05, 3.63) is 0 Å². The number of carbonyl (C=O) groups is 1. The lowest BCUT2D eigenvalue weighted by atomic mass is 9.78. The minimum absolute atomic E-state index is 0.180. The maximum Gasteiger partial charge on any atom is 0.225 e. The Morgan fingerprint density at radius 1 is 1.26 bits per heavy atom. The number of hydrogen-bond donors (Lipinski definition) is 2. The van der Waals surface area contributed by atoms with Gasteiger partial charge in [0, 0.05) is 44.7 Å². The molecule has 1 heterocycles. The fourth-order valence-corrected chi connectivity index (χ4v) is 3.24. The van der Waals surface area contributed by atoms with E-state index in [0.717, 1.165) is 52.0 Å². The first-order chi connectivity index (χ1) is 9.11. The highest BCUT2D eigenvalue weighted by molar-refractivity contribution is 5.79. The van der Waals surface area contributed by atoms with E-state index in [1.54, 1.807) is 0 Å². The molecular formula is C14H27N3O2. The van der Waals surface area contributed by atoms with E-state index in [9.17, 15) is 4.79 Å². The Morgan fingerprint density at radius 3 is 2.53 bits per heavy atom. The molecule has 110 valence electrons. The van der Waals surface area contributed by atoms with Gasteiger partial charge in [-0.15, -0.1) is 0 Å². The molecule has 1 saturated carbocycles. The predicted octanol–water partition coefficient (Wildman–Crippen LogP) is -0.114. The number of aliphatic hydroxyl groups is 1. The lowest BCUT2D eigenvalue weighted by Gasteiger charge is -2.38. The van der Waals surface area contributed by atoms with Crippen LogP contribution in [0.5, 0.6) is 0 Å². The summed E-state index contributed by atoms with van der Waals surface area (Å²) in [5.41, 5.74) is 6.02. The van der Waals surface area contributed by atoms with Crippen LogP contribution < -0.4 is 5.73 Å². The van der Waals surface area contributed by atoms with Crippen molar-refractivity contribution in [3.8, 4) is 0 Å². The van der Waals surface area contributed by atoms with Gasteiger partial charge in [0.05, 0.1) is 6.61 Å². The van der Waals surface area contributed by atoms with Gasteiger partial charge in [0.25, 0.3) is 0 Å². The third-order valence-corrected chi connectivity index (χ3v) is 4.69. The molecule has 3 unspecified atom stereocenters. The summed E-state index contributed by atoms with van der Waals surface area (Å²) in [6, 6.07) is 0.269. The summed E-state index contributed by atoms with van der Waals surface area (Å²) in [7, 11) is 0. The van der Waals surface area contributed by atoms with Gasteiger partial charge < -0.3 is 15.7 Å². The van der Waals surface area contributed by atoms with E-state index in [0.29, 0.717) is 11.8 Å². The second kappa shape index (κ2) is 6.68. The number of nitrogens with two attached hydrogens (primary N) is 1. The molecule has 5 heteroatoms. The second-order valence-electron chi connectivity index (χ2n) is 6.04. The number of β-amino-alcohol motifs (C(OH)–C–C–N with tert-alkyl or cyclic N) is 1. The van der Waals surface area contributed by atoms with E-state index in [1.165, 1.54) is 0 Å². The van der Waals surface area contributed by atoms with Crippen molar-refractivity contribution in [2.75, 3.05) is 39.3 Å². The number of aliphatic hydroxyl groups excluding tert-OH is 1. The van der Waals surface area contributed by atoms with E-state index in [-0.39, 0.29) is 18.6 Å². The molecule has 1 aliphatic carbocycles. The smallest absolute Gasteiger partial charge is 0.225 e. The largest absolute Gasteiger partial charge is 0.395 e. The highest BCUT2D eigenvalue weighted by Crippen LogP contribution is 2.29. The number of carbonyl (C=O) groups excluding carboxylic acids is 1. The molecule has 3 N–H and O–H groups in total. The third kappa shape index (κ3) is 3.68. The summed E-state index contributed by atoms with van der Waals surface area (Å²) in [5, 5.41) is 8.92. The number of piperazine rings is 1.